The van der Waals surface area contributed by atoms with E-state index in [2.05, 4.69) is 64.6 Å². The van der Waals surface area contributed by atoms with Crippen molar-refractivity contribution in [2.24, 2.45) is 0 Å². The maximum absolute atomic E-state index is 6.90. The first-order chi connectivity index (χ1) is 20.4. The third kappa shape index (κ3) is 3.20. The fraction of sp³-hybridized carbons (Fsp3) is 0. The van der Waals surface area contributed by atoms with Crippen molar-refractivity contribution in [2.75, 3.05) is 0 Å². The molecule has 0 bridgehead atoms. The van der Waals surface area contributed by atoms with Gasteiger partial charge in [-0.05, 0) is 29.1 Å². The Morgan fingerprint density at radius 2 is 1.10 bits per heavy atom. The molecule has 2 aliphatic heterocycles. The van der Waals surface area contributed by atoms with Crippen molar-refractivity contribution >= 4 is 68.1 Å². The van der Waals surface area contributed by atoms with E-state index in [9.17, 15) is 0 Å². The zero-order valence-corrected chi connectivity index (χ0v) is 21.8. The Kier molecular flexibility index (Phi) is 4.73. The minimum Gasteiger partial charge on any atom is -0.459 e. The van der Waals surface area contributed by atoms with E-state index in [0.29, 0.717) is 0 Å². The highest BCUT2D eigenvalue weighted by atomic mass is 16.5. The normalized spacial score (nSPS) is 13.2. The molecule has 0 amide bonds. The largest absolute Gasteiger partial charge is 0.459 e. The highest BCUT2D eigenvalue weighted by Crippen LogP contribution is 2.42. The Balaban J connectivity index is 1.48. The van der Waals surface area contributed by atoms with E-state index in [1.54, 1.807) is 12.4 Å². The highest BCUT2D eigenvalue weighted by molar-refractivity contribution is 7.01. The van der Waals surface area contributed by atoms with Crippen LogP contribution in [-0.2, 0) is 0 Å². The SMILES string of the molecule is c1ccc(B2c3cnccc3Oc3c2c2c(c4oc5ccccc5c34)B(c3ccccc3)c3cnccc3O2)cc1. The number of fused-ring (bicyclic) bond motifs is 10. The zero-order valence-electron chi connectivity index (χ0n) is 21.8. The molecule has 0 unspecified atom stereocenters. The number of hydrogen-bond donors (Lipinski definition) is 0. The number of hydrogen-bond acceptors (Lipinski definition) is 5. The first kappa shape index (κ1) is 22.5. The summed E-state index contributed by atoms with van der Waals surface area (Å²) in [7, 11) is 0. The lowest BCUT2D eigenvalue weighted by Crippen LogP contribution is -2.60. The van der Waals surface area contributed by atoms with Gasteiger partial charge < -0.3 is 13.9 Å². The predicted octanol–water partition coefficient (Wildman–Crippen LogP) is 3.62. The van der Waals surface area contributed by atoms with Gasteiger partial charge in [0.1, 0.15) is 34.2 Å². The number of benzene rings is 4. The molecule has 7 heteroatoms. The summed E-state index contributed by atoms with van der Waals surface area (Å²) in [4.78, 5) is 9.02. The third-order valence-electron chi connectivity index (χ3n) is 8.31. The van der Waals surface area contributed by atoms with Crippen molar-refractivity contribution in [3.8, 4) is 23.0 Å². The molecule has 9 rings (SSSR count). The van der Waals surface area contributed by atoms with E-state index in [1.165, 1.54) is 0 Å². The molecule has 0 saturated heterocycles. The summed E-state index contributed by atoms with van der Waals surface area (Å²) in [6.07, 6.45) is 7.38. The molecule has 2 aliphatic rings. The summed E-state index contributed by atoms with van der Waals surface area (Å²) < 4.78 is 20.4. The van der Waals surface area contributed by atoms with E-state index in [1.807, 2.05) is 54.9 Å². The molecule has 0 fully saturated rings. The lowest BCUT2D eigenvalue weighted by Gasteiger charge is -2.34. The molecule has 5 nitrogen and oxygen atoms in total. The van der Waals surface area contributed by atoms with Gasteiger partial charge in [0.05, 0.1) is 5.39 Å². The Morgan fingerprint density at radius 1 is 0.537 bits per heavy atom. The van der Waals surface area contributed by atoms with Crippen LogP contribution in [-0.4, -0.2) is 23.4 Å². The van der Waals surface area contributed by atoms with Crippen molar-refractivity contribution < 1.29 is 13.9 Å². The van der Waals surface area contributed by atoms with Gasteiger partial charge in [0, 0.05) is 41.1 Å². The number of ether oxygens (including phenoxy) is 2. The fourth-order valence-electron chi connectivity index (χ4n) is 6.61. The highest BCUT2D eigenvalue weighted by Gasteiger charge is 2.44. The van der Waals surface area contributed by atoms with E-state index < -0.39 is 0 Å². The minimum atomic E-state index is -0.157. The van der Waals surface area contributed by atoms with Crippen LogP contribution in [0.2, 0.25) is 0 Å². The zero-order chi connectivity index (χ0) is 26.9. The van der Waals surface area contributed by atoms with E-state index in [0.717, 1.165) is 77.7 Å². The molecular formula is C34H20B2N2O3. The summed E-state index contributed by atoms with van der Waals surface area (Å²) in [6, 6.07) is 33.1. The molecule has 5 heterocycles. The second kappa shape index (κ2) is 8.60. The van der Waals surface area contributed by atoms with Gasteiger partial charge in [-0.25, -0.2) is 0 Å². The smallest absolute Gasteiger partial charge is 0.257 e. The van der Waals surface area contributed by atoms with Gasteiger partial charge in [-0.1, -0.05) is 89.8 Å². The molecule has 0 spiro atoms. The average Bonchev–Trinajstić information content (AvgIpc) is 3.43. The van der Waals surface area contributed by atoms with E-state index in [4.69, 9.17) is 13.9 Å². The van der Waals surface area contributed by atoms with Crippen molar-refractivity contribution in [1.82, 2.24) is 9.97 Å². The average molecular weight is 526 g/mol. The summed E-state index contributed by atoms with van der Waals surface area (Å²) in [5.41, 5.74) is 7.83. The van der Waals surface area contributed by atoms with Gasteiger partial charge >= 0.3 is 0 Å². The standard InChI is InChI=1S/C34H20B2N2O3/c1-3-9-21(10-4-1)35-24-19-37-17-15-27(24)40-33-29-23-13-7-8-14-26(23)39-32(29)30-34(31(33)35)41-28-16-18-38-20-25(28)36(30)22-11-5-2-6-12-22/h1-20H. The van der Waals surface area contributed by atoms with Crippen LogP contribution >= 0.6 is 0 Å². The molecule has 4 aromatic carbocycles. The summed E-state index contributed by atoms with van der Waals surface area (Å²) in [5.74, 6) is 3.10. The molecule has 0 N–H and O–H groups in total. The van der Waals surface area contributed by atoms with Crippen LogP contribution in [0.15, 0.2) is 126 Å². The number of rotatable bonds is 2. The first-order valence-electron chi connectivity index (χ1n) is 13.7. The Labute approximate surface area is 236 Å². The lowest BCUT2D eigenvalue weighted by molar-refractivity contribution is 0.471. The molecule has 0 aliphatic carbocycles. The van der Waals surface area contributed by atoms with Crippen LogP contribution in [0.4, 0.5) is 0 Å². The number of para-hydroxylation sites is 1. The van der Waals surface area contributed by atoms with Gasteiger partial charge in [0.15, 0.2) is 0 Å². The second-order valence-electron chi connectivity index (χ2n) is 10.5. The number of aromatic nitrogens is 2. The van der Waals surface area contributed by atoms with Crippen LogP contribution in [0.5, 0.6) is 23.0 Å². The number of furan rings is 1. The number of pyridine rings is 2. The van der Waals surface area contributed by atoms with Crippen molar-refractivity contribution in [1.29, 1.82) is 0 Å². The Bertz CT molecular complexity index is 2130. The molecule has 3 aromatic heterocycles. The predicted molar refractivity (Wildman–Crippen MR) is 165 cm³/mol. The summed E-state index contributed by atoms with van der Waals surface area (Å²) in [6.45, 7) is -0.306. The molecular weight excluding hydrogens is 506 g/mol. The maximum atomic E-state index is 6.90. The first-order valence-corrected chi connectivity index (χ1v) is 13.7. The molecule has 0 saturated carbocycles. The van der Waals surface area contributed by atoms with Gasteiger partial charge in [-0.3, -0.25) is 9.97 Å². The molecule has 0 radical (unpaired) electrons. The number of nitrogens with zero attached hydrogens (tertiary/aromatic N) is 2. The van der Waals surface area contributed by atoms with Gasteiger partial charge in [-0.2, -0.15) is 0 Å². The van der Waals surface area contributed by atoms with Gasteiger partial charge in [0.2, 0.25) is 0 Å². The summed E-state index contributed by atoms with van der Waals surface area (Å²) >= 11 is 0. The Morgan fingerprint density at radius 3 is 1.76 bits per heavy atom. The van der Waals surface area contributed by atoms with Crippen LogP contribution in [0.25, 0.3) is 21.9 Å². The third-order valence-corrected chi connectivity index (χ3v) is 8.31. The lowest BCUT2D eigenvalue weighted by atomic mass is 9.32. The van der Waals surface area contributed by atoms with Crippen LogP contribution in [0.1, 0.15) is 0 Å². The van der Waals surface area contributed by atoms with Crippen LogP contribution in [0.3, 0.4) is 0 Å². The van der Waals surface area contributed by atoms with Gasteiger partial charge in [-0.15, -0.1) is 0 Å². The second-order valence-corrected chi connectivity index (χ2v) is 10.5. The molecule has 7 aromatic rings. The van der Waals surface area contributed by atoms with Gasteiger partial charge in [0.25, 0.3) is 13.4 Å². The monoisotopic (exact) mass is 526 g/mol. The summed E-state index contributed by atoms with van der Waals surface area (Å²) in [5, 5.41) is 1.96. The minimum absolute atomic E-state index is 0.149. The van der Waals surface area contributed by atoms with Crippen molar-refractivity contribution in [3.05, 3.63) is 122 Å². The van der Waals surface area contributed by atoms with Crippen molar-refractivity contribution in [2.45, 2.75) is 0 Å². The fourth-order valence-corrected chi connectivity index (χ4v) is 6.61. The van der Waals surface area contributed by atoms with Crippen molar-refractivity contribution in [3.63, 3.8) is 0 Å². The van der Waals surface area contributed by atoms with Crippen LogP contribution in [0, 0.1) is 0 Å². The molecule has 190 valence electrons. The van der Waals surface area contributed by atoms with Crippen LogP contribution < -0.4 is 42.3 Å². The maximum Gasteiger partial charge on any atom is 0.257 e. The van der Waals surface area contributed by atoms with E-state index >= 15 is 0 Å². The quantitative estimate of drug-likeness (QED) is 0.323. The van der Waals surface area contributed by atoms with E-state index in [-0.39, 0.29) is 13.4 Å². The topological polar surface area (TPSA) is 57.4 Å². The Hall–Kier alpha value is -5.29. The molecule has 0 atom stereocenters. The molecule has 41 heavy (non-hydrogen) atoms.